The van der Waals surface area contributed by atoms with Crippen molar-refractivity contribution in [2.75, 3.05) is 6.61 Å². The molecular formula is C7H12Cl2O3. The van der Waals surface area contributed by atoms with Crippen LogP contribution in [0, 0.1) is 0 Å². The van der Waals surface area contributed by atoms with Crippen LogP contribution < -0.4 is 0 Å². The van der Waals surface area contributed by atoms with Gasteiger partial charge in [0, 0.05) is 0 Å². The van der Waals surface area contributed by atoms with Crippen molar-refractivity contribution in [3.05, 3.63) is 0 Å². The second kappa shape index (κ2) is 7.50. The molecule has 0 radical (unpaired) electrons. The van der Waals surface area contributed by atoms with Crippen molar-refractivity contribution in [1.29, 1.82) is 0 Å². The summed E-state index contributed by atoms with van der Waals surface area (Å²) >= 11 is 11.0. The molecule has 0 spiro atoms. The van der Waals surface area contributed by atoms with Crippen LogP contribution in [0.4, 0.5) is 4.79 Å². The van der Waals surface area contributed by atoms with Crippen LogP contribution in [0.5, 0.6) is 0 Å². The van der Waals surface area contributed by atoms with Crippen molar-refractivity contribution < 1.29 is 14.6 Å². The molecule has 0 aliphatic rings. The monoisotopic (exact) mass is 214 g/mol. The summed E-state index contributed by atoms with van der Waals surface area (Å²) in [7, 11) is 0. The number of carbonyl (C=O) groups is 1. The lowest BCUT2D eigenvalue weighted by Crippen LogP contribution is -2.01. The molecule has 12 heavy (non-hydrogen) atoms. The van der Waals surface area contributed by atoms with E-state index in [2.05, 4.69) is 4.74 Å². The molecule has 0 aliphatic heterocycles. The van der Waals surface area contributed by atoms with Gasteiger partial charge in [0.25, 0.3) is 0 Å². The van der Waals surface area contributed by atoms with Crippen molar-refractivity contribution in [3.8, 4) is 0 Å². The molecule has 0 amide bonds. The van der Waals surface area contributed by atoms with E-state index in [0.29, 0.717) is 0 Å². The lowest BCUT2D eigenvalue weighted by Gasteiger charge is -2.01. The third kappa shape index (κ3) is 9.85. The summed E-state index contributed by atoms with van der Waals surface area (Å²) in [5.74, 6) is 0. The highest BCUT2D eigenvalue weighted by Gasteiger charge is 1.99. The smallest absolute Gasteiger partial charge is 0.450 e. The average molecular weight is 215 g/mol. The van der Waals surface area contributed by atoms with Crippen molar-refractivity contribution >= 4 is 29.4 Å². The zero-order valence-electron chi connectivity index (χ0n) is 6.63. The van der Waals surface area contributed by atoms with Gasteiger partial charge < -0.3 is 9.84 Å². The molecule has 0 atom stereocenters. The highest BCUT2D eigenvalue weighted by atomic mass is 35.5. The van der Waals surface area contributed by atoms with E-state index in [0.717, 1.165) is 25.7 Å². The first-order valence-corrected chi connectivity index (χ1v) is 4.64. The topological polar surface area (TPSA) is 46.5 Å². The van der Waals surface area contributed by atoms with Gasteiger partial charge in [-0.25, -0.2) is 4.79 Å². The molecule has 3 nitrogen and oxygen atoms in total. The fourth-order valence-electron chi connectivity index (χ4n) is 0.737. The number of halogens is 2. The molecule has 0 aromatic carbocycles. The van der Waals surface area contributed by atoms with Crippen molar-refractivity contribution in [2.45, 2.75) is 30.5 Å². The molecule has 0 saturated heterocycles. The van der Waals surface area contributed by atoms with Gasteiger partial charge in [0.15, 0.2) is 0 Å². The third-order valence-electron chi connectivity index (χ3n) is 1.29. The molecule has 0 bridgehead atoms. The first-order valence-electron chi connectivity index (χ1n) is 3.77. The van der Waals surface area contributed by atoms with E-state index in [1.54, 1.807) is 0 Å². The average Bonchev–Trinajstić information content (AvgIpc) is 1.95. The maximum atomic E-state index is 9.88. The summed E-state index contributed by atoms with van der Waals surface area (Å²) in [4.78, 5) is 9.56. The number of ether oxygens (including phenoxy) is 1. The number of rotatable bonds is 6. The molecule has 0 fully saturated rings. The van der Waals surface area contributed by atoms with Gasteiger partial charge in [0.05, 0.1) is 6.61 Å². The summed E-state index contributed by atoms with van der Waals surface area (Å²) in [5.41, 5.74) is 0. The van der Waals surface area contributed by atoms with Crippen LogP contribution in [0.2, 0.25) is 0 Å². The predicted octanol–water partition coefficient (Wildman–Crippen LogP) is 3.05. The van der Waals surface area contributed by atoms with Crippen molar-refractivity contribution in [2.24, 2.45) is 0 Å². The molecule has 0 saturated carbocycles. The van der Waals surface area contributed by atoms with Gasteiger partial charge in [-0.05, 0) is 19.3 Å². The van der Waals surface area contributed by atoms with Crippen LogP contribution in [0.3, 0.4) is 0 Å². The number of hydrogen-bond acceptors (Lipinski definition) is 2. The molecular weight excluding hydrogens is 203 g/mol. The van der Waals surface area contributed by atoms with E-state index in [-0.39, 0.29) is 11.4 Å². The van der Waals surface area contributed by atoms with E-state index in [9.17, 15) is 4.79 Å². The minimum absolute atomic E-state index is 0.255. The fraction of sp³-hybridized carbons (Fsp3) is 0.857. The standard InChI is InChI=1S/C7H12Cl2O3/c8-6(9)4-2-1-3-5-12-7(10)11/h6H,1-5H2,(H,10,11). The van der Waals surface area contributed by atoms with E-state index in [1.165, 1.54) is 0 Å². The van der Waals surface area contributed by atoms with Gasteiger partial charge in [0.1, 0.15) is 4.84 Å². The number of unbranched alkanes of at least 4 members (excludes halogenated alkanes) is 2. The Morgan fingerprint density at radius 1 is 1.33 bits per heavy atom. The molecule has 0 rings (SSSR count). The Hall–Kier alpha value is -0.150. The summed E-state index contributed by atoms with van der Waals surface area (Å²) in [5, 5.41) is 8.09. The quantitative estimate of drug-likeness (QED) is 0.420. The highest BCUT2D eigenvalue weighted by Crippen LogP contribution is 2.12. The first kappa shape index (κ1) is 11.8. The van der Waals surface area contributed by atoms with Crippen LogP contribution >= 0.6 is 23.2 Å². The molecule has 0 aliphatic carbocycles. The Morgan fingerprint density at radius 3 is 2.50 bits per heavy atom. The van der Waals surface area contributed by atoms with E-state index >= 15 is 0 Å². The maximum Gasteiger partial charge on any atom is 0.505 e. The Kier molecular flexibility index (Phi) is 7.40. The number of hydrogen-bond donors (Lipinski definition) is 1. The zero-order chi connectivity index (χ0) is 9.40. The first-order chi connectivity index (χ1) is 5.63. The van der Waals surface area contributed by atoms with Crippen LogP contribution in [0.25, 0.3) is 0 Å². The van der Waals surface area contributed by atoms with Crippen LogP contribution in [-0.4, -0.2) is 22.7 Å². The van der Waals surface area contributed by atoms with Gasteiger partial charge in [-0.15, -0.1) is 23.2 Å². The molecule has 72 valence electrons. The van der Waals surface area contributed by atoms with Gasteiger partial charge in [0.2, 0.25) is 0 Å². The van der Waals surface area contributed by atoms with Crippen molar-refractivity contribution in [1.82, 2.24) is 0 Å². The summed E-state index contributed by atoms with van der Waals surface area (Å²) in [6.45, 7) is 0.255. The second-order valence-corrected chi connectivity index (χ2v) is 3.63. The number of carboxylic acid groups (broad SMARTS) is 1. The number of alkyl halides is 2. The third-order valence-corrected chi connectivity index (χ3v) is 1.73. The molecule has 0 aromatic rings. The second-order valence-electron chi connectivity index (χ2n) is 2.35. The zero-order valence-corrected chi connectivity index (χ0v) is 8.14. The van der Waals surface area contributed by atoms with E-state index < -0.39 is 6.16 Å². The highest BCUT2D eigenvalue weighted by molar-refractivity contribution is 6.44. The summed E-state index contributed by atoms with van der Waals surface area (Å²) < 4.78 is 4.30. The summed E-state index contributed by atoms with van der Waals surface area (Å²) in [6, 6.07) is 0. The van der Waals surface area contributed by atoms with Gasteiger partial charge >= 0.3 is 6.16 Å². The molecule has 1 N–H and O–H groups in total. The van der Waals surface area contributed by atoms with E-state index in [4.69, 9.17) is 28.3 Å². The minimum atomic E-state index is -1.22. The minimum Gasteiger partial charge on any atom is -0.450 e. The van der Waals surface area contributed by atoms with Crippen LogP contribution in [-0.2, 0) is 4.74 Å². The Labute approximate surface area is 81.6 Å². The van der Waals surface area contributed by atoms with Crippen molar-refractivity contribution in [3.63, 3.8) is 0 Å². The SMILES string of the molecule is O=C(O)OCCCCCC(Cl)Cl. The predicted molar refractivity (Wildman–Crippen MR) is 47.9 cm³/mol. The lowest BCUT2D eigenvalue weighted by molar-refractivity contribution is 0.0900. The summed E-state index contributed by atoms with van der Waals surface area (Å²) in [6.07, 6.45) is 2.05. The molecule has 5 heteroatoms. The molecule has 0 aromatic heterocycles. The van der Waals surface area contributed by atoms with Crippen LogP contribution in [0.15, 0.2) is 0 Å². The lowest BCUT2D eigenvalue weighted by atomic mass is 10.2. The Balaban J connectivity index is 2.96. The van der Waals surface area contributed by atoms with Gasteiger partial charge in [-0.1, -0.05) is 6.42 Å². The maximum absolute atomic E-state index is 9.88. The normalized spacial score (nSPS) is 10.2. The molecule has 0 heterocycles. The largest absolute Gasteiger partial charge is 0.505 e. The van der Waals surface area contributed by atoms with Crippen LogP contribution in [0.1, 0.15) is 25.7 Å². The van der Waals surface area contributed by atoms with Gasteiger partial charge in [-0.2, -0.15) is 0 Å². The Bertz CT molecular complexity index is 128. The molecule has 0 unspecified atom stereocenters. The Morgan fingerprint density at radius 2 is 2.00 bits per heavy atom. The van der Waals surface area contributed by atoms with E-state index in [1.807, 2.05) is 0 Å². The fourth-order valence-corrected chi connectivity index (χ4v) is 1.05. The van der Waals surface area contributed by atoms with Gasteiger partial charge in [-0.3, -0.25) is 0 Å².